The number of halogens is 1. The molecule has 1 heterocycles. The average molecular weight is 384 g/mol. The van der Waals surface area contributed by atoms with Gasteiger partial charge in [-0.15, -0.1) is 0 Å². The van der Waals surface area contributed by atoms with Gasteiger partial charge in [0.15, 0.2) is 0 Å². The highest BCUT2D eigenvalue weighted by molar-refractivity contribution is 5.98. The monoisotopic (exact) mass is 384 g/mol. The van der Waals surface area contributed by atoms with E-state index in [9.17, 15) is 9.18 Å². The largest absolute Gasteiger partial charge is 0.496 e. The van der Waals surface area contributed by atoms with Crippen molar-refractivity contribution in [3.8, 4) is 16.9 Å². The Bertz CT molecular complexity index is 819. The topological polar surface area (TPSA) is 32.8 Å². The summed E-state index contributed by atoms with van der Waals surface area (Å²) in [6.45, 7) is 9.47. The molecule has 0 spiro atoms. The number of ether oxygens (including phenoxy) is 1. The second kappa shape index (κ2) is 8.31. The number of benzene rings is 2. The Balaban J connectivity index is 1.87. The van der Waals surface area contributed by atoms with E-state index in [0.29, 0.717) is 16.9 Å². The van der Waals surface area contributed by atoms with E-state index in [1.54, 1.807) is 33.1 Å². The lowest BCUT2D eigenvalue weighted by atomic mass is 9.96. The zero-order valence-electron chi connectivity index (χ0n) is 17.2. The van der Waals surface area contributed by atoms with Crippen molar-refractivity contribution in [3.05, 3.63) is 53.6 Å². The highest BCUT2D eigenvalue weighted by Crippen LogP contribution is 2.30. The molecule has 0 aliphatic carbocycles. The Hall–Kier alpha value is -2.40. The summed E-state index contributed by atoms with van der Waals surface area (Å²) in [6.07, 6.45) is 0. The van der Waals surface area contributed by atoms with Crippen LogP contribution in [0.4, 0.5) is 4.39 Å². The van der Waals surface area contributed by atoms with E-state index in [0.717, 1.165) is 43.9 Å². The molecule has 0 atom stereocenters. The Morgan fingerprint density at radius 2 is 1.64 bits per heavy atom. The van der Waals surface area contributed by atoms with E-state index < -0.39 is 5.67 Å². The van der Waals surface area contributed by atoms with Crippen molar-refractivity contribution < 1.29 is 13.9 Å². The first-order valence-electron chi connectivity index (χ1n) is 9.83. The van der Waals surface area contributed by atoms with Gasteiger partial charge >= 0.3 is 0 Å². The smallest absolute Gasteiger partial charge is 0.257 e. The van der Waals surface area contributed by atoms with E-state index in [-0.39, 0.29) is 5.91 Å². The van der Waals surface area contributed by atoms with Gasteiger partial charge in [-0.3, -0.25) is 4.79 Å². The van der Waals surface area contributed by atoms with Gasteiger partial charge in [0.2, 0.25) is 0 Å². The quantitative estimate of drug-likeness (QED) is 0.769. The maximum Gasteiger partial charge on any atom is 0.257 e. The van der Waals surface area contributed by atoms with Gasteiger partial charge in [0.05, 0.1) is 12.7 Å². The third-order valence-corrected chi connectivity index (χ3v) is 5.44. The molecule has 1 saturated heterocycles. The lowest BCUT2D eigenvalue weighted by molar-refractivity contribution is 0.0640. The van der Waals surface area contributed by atoms with Crippen LogP contribution in [-0.2, 0) is 5.67 Å². The highest BCUT2D eigenvalue weighted by atomic mass is 19.1. The molecule has 2 aromatic rings. The molecule has 150 valence electrons. The lowest BCUT2D eigenvalue weighted by Crippen LogP contribution is -2.48. The van der Waals surface area contributed by atoms with Gasteiger partial charge in [0, 0.05) is 26.2 Å². The van der Waals surface area contributed by atoms with Crippen LogP contribution in [0.15, 0.2) is 42.5 Å². The first kappa shape index (κ1) is 20.3. The highest BCUT2D eigenvalue weighted by Gasteiger charge is 2.24. The van der Waals surface area contributed by atoms with Crippen LogP contribution in [0.3, 0.4) is 0 Å². The number of likely N-dealkylation sites (N-methyl/N-ethyl adjacent to an activating group) is 1. The van der Waals surface area contributed by atoms with E-state index in [1.807, 2.05) is 35.2 Å². The standard InChI is InChI=1S/C23H29FN2O2/c1-5-25-12-14-26(15-13-25)22(27)20-16-18(8-11-21(20)28-4)17-6-9-19(10-7-17)23(2,3)24/h6-11,16H,5,12-15H2,1-4H3. The van der Waals surface area contributed by atoms with Gasteiger partial charge in [-0.25, -0.2) is 4.39 Å². The van der Waals surface area contributed by atoms with Crippen LogP contribution in [0.5, 0.6) is 5.75 Å². The normalized spacial score (nSPS) is 15.5. The van der Waals surface area contributed by atoms with E-state index in [4.69, 9.17) is 4.74 Å². The summed E-state index contributed by atoms with van der Waals surface area (Å²) < 4.78 is 19.6. The zero-order chi connectivity index (χ0) is 20.3. The van der Waals surface area contributed by atoms with Crippen molar-refractivity contribution in [1.29, 1.82) is 0 Å². The van der Waals surface area contributed by atoms with Crippen LogP contribution in [0.1, 0.15) is 36.7 Å². The third kappa shape index (κ3) is 4.36. The minimum Gasteiger partial charge on any atom is -0.496 e. The number of hydrogen-bond acceptors (Lipinski definition) is 3. The zero-order valence-corrected chi connectivity index (χ0v) is 17.2. The van der Waals surface area contributed by atoms with Gasteiger partial charge in [-0.1, -0.05) is 37.3 Å². The number of carbonyl (C=O) groups is 1. The number of methoxy groups -OCH3 is 1. The van der Waals surface area contributed by atoms with Gasteiger partial charge in [0.1, 0.15) is 11.4 Å². The van der Waals surface area contributed by atoms with E-state index >= 15 is 0 Å². The van der Waals surface area contributed by atoms with Crippen molar-refractivity contribution in [1.82, 2.24) is 9.80 Å². The Kier molecular flexibility index (Phi) is 6.04. The van der Waals surface area contributed by atoms with Crippen LogP contribution in [0.2, 0.25) is 0 Å². The van der Waals surface area contributed by atoms with Crippen molar-refractivity contribution in [3.63, 3.8) is 0 Å². The summed E-state index contributed by atoms with van der Waals surface area (Å²) in [5, 5.41) is 0. The molecule has 0 unspecified atom stereocenters. The summed E-state index contributed by atoms with van der Waals surface area (Å²) in [6, 6.07) is 13.0. The molecule has 1 aliphatic heterocycles. The van der Waals surface area contributed by atoms with Crippen molar-refractivity contribution in [2.45, 2.75) is 26.4 Å². The number of rotatable bonds is 5. The van der Waals surface area contributed by atoms with Crippen LogP contribution in [-0.4, -0.2) is 55.5 Å². The van der Waals surface area contributed by atoms with E-state index in [2.05, 4.69) is 11.8 Å². The number of piperazine rings is 1. The summed E-state index contributed by atoms with van der Waals surface area (Å²) in [7, 11) is 1.58. The molecule has 0 saturated carbocycles. The number of nitrogens with zero attached hydrogens (tertiary/aromatic N) is 2. The van der Waals surface area contributed by atoms with Gasteiger partial charge in [0.25, 0.3) is 5.91 Å². The minimum absolute atomic E-state index is 0.00374. The fourth-order valence-electron chi connectivity index (χ4n) is 3.55. The van der Waals surface area contributed by atoms with Crippen molar-refractivity contribution in [2.24, 2.45) is 0 Å². The Morgan fingerprint density at radius 1 is 1.04 bits per heavy atom. The summed E-state index contributed by atoms with van der Waals surface area (Å²) in [5.41, 5.74) is 1.69. The molecular weight excluding hydrogens is 355 g/mol. The van der Waals surface area contributed by atoms with E-state index in [1.165, 1.54) is 0 Å². The molecule has 0 bridgehead atoms. The number of amides is 1. The van der Waals surface area contributed by atoms with Gasteiger partial charge in [-0.2, -0.15) is 0 Å². The predicted octanol–water partition coefficient (Wildman–Crippen LogP) is 4.34. The van der Waals surface area contributed by atoms with Gasteiger partial charge < -0.3 is 14.5 Å². The van der Waals surface area contributed by atoms with Crippen LogP contribution < -0.4 is 4.74 Å². The Labute approximate surface area is 166 Å². The van der Waals surface area contributed by atoms with Crippen LogP contribution in [0.25, 0.3) is 11.1 Å². The molecule has 28 heavy (non-hydrogen) atoms. The third-order valence-electron chi connectivity index (χ3n) is 5.44. The summed E-state index contributed by atoms with van der Waals surface area (Å²) in [4.78, 5) is 17.4. The molecule has 0 aromatic heterocycles. The number of hydrogen-bond donors (Lipinski definition) is 0. The van der Waals surface area contributed by atoms with Crippen LogP contribution in [0, 0.1) is 0 Å². The predicted molar refractivity (Wildman–Crippen MR) is 111 cm³/mol. The molecule has 0 N–H and O–H groups in total. The summed E-state index contributed by atoms with van der Waals surface area (Å²) >= 11 is 0. The molecule has 4 nitrogen and oxygen atoms in total. The molecule has 1 aliphatic rings. The van der Waals surface area contributed by atoms with Crippen LogP contribution >= 0.6 is 0 Å². The molecule has 1 fully saturated rings. The SMILES string of the molecule is CCN1CCN(C(=O)c2cc(-c3ccc(C(C)(C)F)cc3)ccc2OC)CC1. The average Bonchev–Trinajstić information content (AvgIpc) is 2.72. The molecular formula is C23H29FN2O2. The number of alkyl halides is 1. The first-order valence-corrected chi connectivity index (χ1v) is 9.83. The molecule has 2 aromatic carbocycles. The first-order chi connectivity index (χ1) is 13.3. The molecule has 1 amide bonds. The molecule has 5 heteroatoms. The summed E-state index contributed by atoms with van der Waals surface area (Å²) in [5.74, 6) is 0.573. The molecule has 3 rings (SSSR count). The van der Waals surface area contributed by atoms with Crippen molar-refractivity contribution in [2.75, 3.05) is 39.8 Å². The van der Waals surface area contributed by atoms with Crippen molar-refractivity contribution >= 4 is 5.91 Å². The molecule has 0 radical (unpaired) electrons. The fourth-order valence-corrected chi connectivity index (χ4v) is 3.55. The maximum absolute atomic E-state index is 14.1. The number of carbonyl (C=O) groups excluding carboxylic acids is 1. The lowest BCUT2D eigenvalue weighted by Gasteiger charge is -2.34. The fraction of sp³-hybridized carbons (Fsp3) is 0.435. The maximum atomic E-state index is 14.1. The second-order valence-corrected chi connectivity index (χ2v) is 7.69. The van der Waals surface area contributed by atoms with Gasteiger partial charge in [-0.05, 0) is 49.2 Å². The second-order valence-electron chi connectivity index (χ2n) is 7.69. The minimum atomic E-state index is -1.37. The Morgan fingerprint density at radius 3 is 2.18 bits per heavy atom.